The maximum absolute atomic E-state index is 2.46. The van der Waals surface area contributed by atoms with Gasteiger partial charge in [0.2, 0.25) is 0 Å². The second-order valence-corrected chi connectivity index (χ2v) is 16.2. The van der Waals surface area contributed by atoms with E-state index in [2.05, 4.69) is 253 Å². The van der Waals surface area contributed by atoms with E-state index in [1.54, 1.807) is 0 Å². The highest BCUT2D eigenvalue weighted by atomic mass is 15.2. The molecule has 0 radical (unpaired) electrons. The van der Waals surface area contributed by atoms with Crippen molar-refractivity contribution < 1.29 is 0 Å². The highest BCUT2D eigenvalue weighted by Gasteiger charge is 2.36. The summed E-state index contributed by atoms with van der Waals surface area (Å²) in [5.74, 6) is 0. The number of hydrogen-bond donors (Lipinski definition) is 0. The SMILES string of the molecule is CC1(C)c2ccccc2-c2ccc(N(c3ccccc3)c3cc(N(c4ccccc4)c4ccccc4)c4c5ccc(-c6ccccc6)cc5n(-c5ccccc5)c4c3)cc21. The quantitative estimate of drug-likeness (QED) is 0.152. The lowest BCUT2D eigenvalue weighted by Gasteiger charge is -2.31. The number of rotatable bonds is 8. The van der Waals surface area contributed by atoms with Crippen LogP contribution in [-0.2, 0) is 5.41 Å². The minimum Gasteiger partial charge on any atom is -0.310 e. The molecule has 1 aliphatic carbocycles. The number of aromatic nitrogens is 1. The molecule has 11 rings (SSSR count). The van der Waals surface area contributed by atoms with Gasteiger partial charge in [-0.3, -0.25) is 0 Å². The van der Waals surface area contributed by atoms with Crippen LogP contribution >= 0.6 is 0 Å². The summed E-state index contributed by atoms with van der Waals surface area (Å²) < 4.78 is 2.46. The molecular weight excluding hydrogens is 727 g/mol. The summed E-state index contributed by atoms with van der Waals surface area (Å²) in [5.41, 5.74) is 17.5. The minimum atomic E-state index is -0.146. The lowest BCUT2D eigenvalue weighted by atomic mass is 9.82. The number of hydrogen-bond acceptors (Lipinski definition) is 2. The van der Waals surface area contributed by atoms with Gasteiger partial charge in [-0.15, -0.1) is 0 Å². The summed E-state index contributed by atoms with van der Waals surface area (Å²) >= 11 is 0. The number of anilines is 6. The van der Waals surface area contributed by atoms with Crippen molar-refractivity contribution in [2.45, 2.75) is 19.3 Å². The molecule has 0 fully saturated rings. The van der Waals surface area contributed by atoms with E-state index in [0.29, 0.717) is 0 Å². The van der Waals surface area contributed by atoms with Gasteiger partial charge in [0.1, 0.15) is 0 Å². The van der Waals surface area contributed by atoms with Gasteiger partial charge in [-0.25, -0.2) is 0 Å². The molecule has 0 saturated carbocycles. The normalized spacial score (nSPS) is 12.6. The number of para-hydroxylation sites is 4. The fraction of sp³-hybridized carbons (Fsp3) is 0.0526. The van der Waals surface area contributed by atoms with Crippen molar-refractivity contribution in [1.82, 2.24) is 4.57 Å². The van der Waals surface area contributed by atoms with Crippen LogP contribution in [0.2, 0.25) is 0 Å². The van der Waals surface area contributed by atoms with Gasteiger partial charge >= 0.3 is 0 Å². The first-order chi connectivity index (χ1) is 29.5. The van der Waals surface area contributed by atoms with Crippen LogP contribution < -0.4 is 9.80 Å². The van der Waals surface area contributed by atoms with Crippen LogP contribution in [0, 0.1) is 0 Å². The Morgan fingerprint density at radius 2 is 0.917 bits per heavy atom. The van der Waals surface area contributed by atoms with Crippen LogP contribution in [0.5, 0.6) is 0 Å². The van der Waals surface area contributed by atoms with Gasteiger partial charge in [0.15, 0.2) is 0 Å². The molecule has 0 saturated heterocycles. The molecule has 0 aliphatic heterocycles. The molecule has 0 unspecified atom stereocenters. The van der Waals surface area contributed by atoms with Crippen molar-refractivity contribution in [3.63, 3.8) is 0 Å². The third-order valence-electron chi connectivity index (χ3n) is 12.3. The molecule has 1 heterocycles. The molecule has 3 nitrogen and oxygen atoms in total. The summed E-state index contributed by atoms with van der Waals surface area (Å²) in [7, 11) is 0. The van der Waals surface area contributed by atoms with E-state index >= 15 is 0 Å². The van der Waals surface area contributed by atoms with Crippen LogP contribution in [0.25, 0.3) is 49.7 Å². The molecule has 1 aromatic heterocycles. The van der Waals surface area contributed by atoms with E-state index < -0.39 is 0 Å². The van der Waals surface area contributed by atoms with Crippen molar-refractivity contribution >= 4 is 55.9 Å². The summed E-state index contributed by atoms with van der Waals surface area (Å²) in [6.07, 6.45) is 0. The van der Waals surface area contributed by atoms with Crippen LogP contribution in [0.3, 0.4) is 0 Å². The third kappa shape index (κ3) is 5.81. The standard InChI is InChI=1S/C57H43N3/c1-57(2)51-31-19-18-30-48(51)49-35-33-46(37-52(49)57)58(42-22-10-4-11-23-42)47-38-54(59(43-24-12-5-13-25-43)44-26-14-6-15-27-44)56-50-34-32-41(40-20-8-3-9-21-40)36-53(50)60(55(56)39-47)45-28-16-7-17-29-45/h3-39H,1-2H3. The van der Waals surface area contributed by atoms with E-state index in [1.807, 2.05) is 0 Å². The van der Waals surface area contributed by atoms with E-state index in [1.165, 1.54) is 44.2 Å². The summed E-state index contributed by atoms with van der Waals surface area (Å²) in [6, 6.07) is 81.6. The Morgan fingerprint density at radius 1 is 0.367 bits per heavy atom. The van der Waals surface area contributed by atoms with Crippen LogP contribution in [0.1, 0.15) is 25.0 Å². The predicted molar refractivity (Wildman–Crippen MR) is 253 cm³/mol. The molecule has 0 amide bonds. The molecule has 3 heteroatoms. The van der Waals surface area contributed by atoms with Gasteiger partial charge in [-0.2, -0.15) is 0 Å². The van der Waals surface area contributed by atoms with Crippen LogP contribution in [0.4, 0.5) is 34.1 Å². The summed E-state index contributed by atoms with van der Waals surface area (Å²) in [4.78, 5) is 4.87. The van der Waals surface area contributed by atoms with Crippen LogP contribution in [0.15, 0.2) is 224 Å². The number of fused-ring (bicyclic) bond motifs is 6. The number of nitrogens with zero attached hydrogens (tertiary/aromatic N) is 3. The summed E-state index contributed by atoms with van der Waals surface area (Å²) in [6.45, 7) is 4.72. The van der Waals surface area contributed by atoms with E-state index in [4.69, 9.17) is 0 Å². The Bertz CT molecular complexity index is 3110. The number of benzene rings is 9. The fourth-order valence-electron chi connectivity index (χ4n) is 9.52. The van der Waals surface area contributed by atoms with E-state index in [0.717, 1.165) is 50.8 Å². The average molecular weight is 770 g/mol. The highest BCUT2D eigenvalue weighted by Crippen LogP contribution is 2.52. The minimum absolute atomic E-state index is 0.146. The second-order valence-electron chi connectivity index (χ2n) is 16.2. The zero-order valence-electron chi connectivity index (χ0n) is 33.7. The maximum Gasteiger partial charge on any atom is 0.0583 e. The molecule has 9 aromatic carbocycles. The topological polar surface area (TPSA) is 11.4 Å². The van der Waals surface area contributed by atoms with Gasteiger partial charge in [0.25, 0.3) is 0 Å². The third-order valence-corrected chi connectivity index (χ3v) is 12.3. The zero-order chi connectivity index (χ0) is 40.2. The van der Waals surface area contributed by atoms with Crippen molar-refractivity contribution in [3.05, 3.63) is 236 Å². The van der Waals surface area contributed by atoms with Gasteiger partial charge in [-0.1, -0.05) is 159 Å². The molecule has 10 aromatic rings. The molecular formula is C57H43N3. The molecule has 0 bridgehead atoms. The van der Waals surface area contributed by atoms with Gasteiger partial charge in [0, 0.05) is 44.6 Å². The first-order valence-electron chi connectivity index (χ1n) is 20.8. The van der Waals surface area contributed by atoms with Crippen molar-refractivity contribution in [1.29, 1.82) is 0 Å². The smallest absolute Gasteiger partial charge is 0.0583 e. The second kappa shape index (κ2) is 14.3. The van der Waals surface area contributed by atoms with Crippen molar-refractivity contribution in [3.8, 4) is 27.9 Å². The van der Waals surface area contributed by atoms with Gasteiger partial charge in [-0.05, 0) is 112 Å². The predicted octanol–water partition coefficient (Wildman–Crippen LogP) is 15.7. The Morgan fingerprint density at radius 3 is 1.57 bits per heavy atom. The average Bonchev–Trinajstić information content (AvgIpc) is 3.76. The molecule has 0 N–H and O–H groups in total. The Kier molecular flexibility index (Phi) is 8.49. The van der Waals surface area contributed by atoms with E-state index in [-0.39, 0.29) is 5.41 Å². The fourth-order valence-corrected chi connectivity index (χ4v) is 9.52. The van der Waals surface area contributed by atoms with Crippen molar-refractivity contribution in [2.75, 3.05) is 9.80 Å². The lowest BCUT2D eigenvalue weighted by Crippen LogP contribution is -2.17. The highest BCUT2D eigenvalue weighted by molar-refractivity contribution is 6.18. The Labute approximate surface area is 351 Å². The molecule has 60 heavy (non-hydrogen) atoms. The van der Waals surface area contributed by atoms with Crippen molar-refractivity contribution in [2.24, 2.45) is 0 Å². The molecule has 0 spiro atoms. The van der Waals surface area contributed by atoms with Crippen LogP contribution in [-0.4, -0.2) is 4.57 Å². The largest absolute Gasteiger partial charge is 0.310 e. The first-order valence-corrected chi connectivity index (χ1v) is 20.8. The Hall–Kier alpha value is -7.62. The van der Waals surface area contributed by atoms with Gasteiger partial charge in [0.05, 0.1) is 22.4 Å². The lowest BCUT2D eigenvalue weighted by molar-refractivity contribution is 0.660. The molecule has 286 valence electrons. The molecule has 0 atom stereocenters. The molecule has 1 aliphatic rings. The monoisotopic (exact) mass is 769 g/mol. The first kappa shape index (κ1) is 35.5. The van der Waals surface area contributed by atoms with E-state index in [9.17, 15) is 0 Å². The zero-order valence-corrected chi connectivity index (χ0v) is 33.7. The van der Waals surface area contributed by atoms with Gasteiger partial charge < -0.3 is 14.4 Å². The maximum atomic E-state index is 2.46. The summed E-state index contributed by atoms with van der Waals surface area (Å²) in [5, 5.41) is 2.37. The Balaban J connectivity index is 1.26.